The maximum absolute atomic E-state index is 12.0. The second-order valence-electron chi connectivity index (χ2n) is 4.88. The van der Waals surface area contributed by atoms with E-state index in [1.54, 1.807) is 13.8 Å². The van der Waals surface area contributed by atoms with Crippen LogP contribution in [0.15, 0.2) is 6.33 Å². The molecule has 9 nitrogen and oxygen atoms in total. The molecule has 0 aromatic carbocycles. The van der Waals surface area contributed by atoms with Gasteiger partial charge in [-0.15, -0.1) is 21.5 Å². The van der Waals surface area contributed by atoms with Gasteiger partial charge in [0.25, 0.3) is 0 Å². The van der Waals surface area contributed by atoms with Crippen molar-refractivity contribution in [2.45, 2.75) is 20.4 Å². The fourth-order valence-electron chi connectivity index (χ4n) is 2.29. The summed E-state index contributed by atoms with van der Waals surface area (Å²) >= 11 is 1.21. The average Bonchev–Trinajstić information content (AvgIpc) is 3.12. The molecule has 3 heterocycles. The maximum Gasteiger partial charge on any atom is 0.348 e. The number of rotatable bonds is 4. The molecule has 3 aromatic rings. The predicted molar refractivity (Wildman–Crippen MR) is 86.4 cm³/mol. The van der Waals surface area contributed by atoms with Crippen LogP contribution in [0, 0.1) is 18.3 Å². The number of hydrogen-bond donors (Lipinski definition) is 1. The van der Waals surface area contributed by atoms with Crippen LogP contribution >= 0.6 is 11.3 Å². The van der Waals surface area contributed by atoms with Crippen molar-refractivity contribution in [2.24, 2.45) is 0 Å². The van der Waals surface area contributed by atoms with Gasteiger partial charge >= 0.3 is 5.97 Å². The van der Waals surface area contributed by atoms with Gasteiger partial charge in [0.1, 0.15) is 27.9 Å². The summed E-state index contributed by atoms with van der Waals surface area (Å²) in [4.78, 5) is 21.8. The Labute approximate surface area is 140 Å². The minimum absolute atomic E-state index is 0.159. The number of aryl methyl sites for hydroxylation is 1. The van der Waals surface area contributed by atoms with Gasteiger partial charge in [-0.1, -0.05) is 0 Å². The van der Waals surface area contributed by atoms with Crippen LogP contribution in [0.5, 0.6) is 0 Å². The molecule has 0 aliphatic heterocycles. The van der Waals surface area contributed by atoms with Gasteiger partial charge in [-0.3, -0.25) is 4.57 Å². The first kappa shape index (κ1) is 15.8. The van der Waals surface area contributed by atoms with E-state index in [1.807, 2.05) is 6.07 Å². The van der Waals surface area contributed by atoms with Gasteiger partial charge in [-0.05, 0) is 19.4 Å². The Bertz CT molecular complexity index is 970. The fourth-order valence-corrected chi connectivity index (χ4v) is 3.39. The van der Waals surface area contributed by atoms with Crippen LogP contribution in [0.1, 0.15) is 33.8 Å². The summed E-state index contributed by atoms with van der Waals surface area (Å²) < 4.78 is 6.57. The molecule has 0 radical (unpaired) electrons. The molecule has 3 aromatic heterocycles. The van der Waals surface area contributed by atoms with Gasteiger partial charge in [0.05, 0.1) is 18.5 Å². The minimum atomic E-state index is -0.399. The van der Waals surface area contributed by atoms with Crippen LogP contribution in [0.3, 0.4) is 0 Å². The molecule has 10 heteroatoms. The van der Waals surface area contributed by atoms with E-state index < -0.39 is 5.97 Å². The van der Waals surface area contributed by atoms with E-state index in [0.29, 0.717) is 33.1 Å². The summed E-state index contributed by atoms with van der Waals surface area (Å²) in [5.74, 6) is 0.454. The van der Waals surface area contributed by atoms with E-state index in [4.69, 9.17) is 15.7 Å². The summed E-state index contributed by atoms with van der Waals surface area (Å²) in [5, 5.41) is 17.0. The zero-order chi connectivity index (χ0) is 17.3. The van der Waals surface area contributed by atoms with Gasteiger partial charge in [-0.25, -0.2) is 14.8 Å². The van der Waals surface area contributed by atoms with Gasteiger partial charge in [0.2, 0.25) is 5.82 Å². The second-order valence-corrected chi connectivity index (χ2v) is 5.88. The van der Waals surface area contributed by atoms with Crippen LogP contribution in [0.4, 0.5) is 5.82 Å². The van der Waals surface area contributed by atoms with E-state index in [9.17, 15) is 4.79 Å². The Balaban J connectivity index is 2.04. The maximum atomic E-state index is 12.0. The van der Waals surface area contributed by atoms with Crippen molar-refractivity contribution in [2.75, 3.05) is 12.3 Å². The van der Waals surface area contributed by atoms with Gasteiger partial charge in [-0.2, -0.15) is 5.26 Å². The quantitative estimate of drug-likeness (QED) is 0.700. The molecule has 0 atom stereocenters. The number of carbonyl (C=O) groups excluding carboxylic acids is 1. The second kappa shape index (κ2) is 6.21. The lowest BCUT2D eigenvalue weighted by molar-refractivity contribution is 0.0531. The number of nitrogen functional groups attached to an aromatic ring is 1. The zero-order valence-corrected chi connectivity index (χ0v) is 13.8. The number of carbonyl (C=O) groups is 1. The molecule has 2 N–H and O–H groups in total. The number of esters is 1. The Morgan fingerprint density at radius 1 is 1.50 bits per heavy atom. The summed E-state index contributed by atoms with van der Waals surface area (Å²) in [6, 6.07) is 1.93. The van der Waals surface area contributed by atoms with Gasteiger partial charge in [0.15, 0.2) is 5.82 Å². The molecule has 0 aliphatic rings. The van der Waals surface area contributed by atoms with E-state index in [2.05, 4.69) is 20.2 Å². The first-order valence-corrected chi connectivity index (χ1v) is 7.87. The number of thiophene rings is 1. The summed E-state index contributed by atoms with van der Waals surface area (Å²) in [5.41, 5.74) is 6.75. The molecule has 24 heavy (non-hydrogen) atoms. The van der Waals surface area contributed by atoms with E-state index in [1.165, 1.54) is 22.2 Å². The van der Waals surface area contributed by atoms with Crippen molar-refractivity contribution in [3.8, 4) is 6.07 Å². The molecule has 0 fully saturated rings. The molecule has 122 valence electrons. The zero-order valence-electron chi connectivity index (χ0n) is 13.0. The Hall–Kier alpha value is -3.06. The number of hydrogen-bond acceptors (Lipinski definition) is 9. The van der Waals surface area contributed by atoms with Gasteiger partial charge < -0.3 is 10.5 Å². The van der Waals surface area contributed by atoms with Crippen LogP contribution in [-0.4, -0.2) is 37.3 Å². The van der Waals surface area contributed by atoms with Gasteiger partial charge in [0, 0.05) is 0 Å². The monoisotopic (exact) mass is 343 g/mol. The van der Waals surface area contributed by atoms with Crippen molar-refractivity contribution in [1.29, 1.82) is 5.26 Å². The molecular formula is C14H13N7O2S. The molecule has 0 aliphatic carbocycles. The van der Waals surface area contributed by atoms with E-state index in [-0.39, 0.29) is 18.2 Å². The number of nitrogens with two attached hydrogens (primary N) is 1. The lowest BCUT2D eigenvalue weighted by Crippen LogP contribution is -2.07. The highest BCUT2D eigenvalue weighted by Crippen LogP contribution is 2.33. The number of fused-ring (bicyclic) bond motifs is 1. The summed E-state index contributed by atoms with van der Waals surface area (Å²) in [7, 11) is 0. The van der Waals surface area contributed by atoms with Crippen molar-refractivity contribution in [3.63, 3.8) is 0 Å². The molecule has 0 amide bonds. The highest BCUT2D eigenvalue weighted by molar-refractivity contribution is 7.20. The third-order valence-corrected chi connectivity index (χ3v) is 4.52. The lowest BCUT2D eigenvalue weighted by Gasteiger charge is -2.04. The first-order chi connectivity index (χ1) is 11.5. The topological polar surface area (TPSA) is 133 Å². The fraction of sp³-hybridized carbons (Fsp3) is 0.286. The summed E-state index contributed by atoms with van der Waals surface area (Å²) in [6.45, 7) is 4.04. The Morgan fingerprint density at radius 3 is 3.00 bits per heavy atom. The standard InChI is InChI=1S/C14H13N7O2S/c1-3-23-14(22)11-7(2)10-12(16)18-8(19-13(10)24-11)5-21-6-17-20-9(21)4-15/h6H,3,5H2,1-2H3,(H2,16,18,19). The van der Waals surface area contributed by atoms with E-state index in [0.717, 1.165) is 0 Å². The highest BCUT2D eigenvalue weighted by Gasteiger charge is 2.20. The number of anilines is 1. The molecular weight excluding hydrogens is 330 g/mol. The summed E-state index contributed by atoms with van der Waals surface area (Å²) in [6.07, 6.45) is 1.42. The molecule has 0 unspecified atom stereocenters. The normalized spacial score (nSPS) is 10.7. The first-order valence-electron chi connectivity index (χ1n) is 7.05. The number of ether oxygens (including phenoxy) is 1. The lowest BCUT2D eigenvalue weighted by atomic mass is 10.2. The molecule has 3 rings (SSSR count). The molecule has 0 spiro atoms. The number of nitriles is 1. The Kier molecular flexibility index (Phi) is 4.09. The van der Waals surface area contributed by atoms with Crippen molar-refractivity contribution >= 4 is 33.3 Å². The largest absolute Gasteiger partial charge is 0.462 e. The van der Waals surface area contributed by atoms with Crippen molar-refractivity contribution < 1.29 is 9.53 Å². The third kappa shape index (κ3) is 2.65. The third-order valence-electron chi connectivity index (χ3n) is 3.35. The van der Waals surface area contributed by atoms with Crippen LogP contribution in [0.25, 0.3) is 10.2 Å². The minimum Gasteiger partial charge on any atom is -0.462 e. The van der Waals surface area contributed by atoms with Crippen LogP contribution in [0.2, 0.25) is 0 Å². The van der Waals surface area contributed by atoms with Crippen molar-refractivity contribution in [3.05, 3.63) is 28.4 Å². The predicted octanol–water partition coefficient (Wildman–Crippen LogP) is 1.27. The van der Waals surface area contributed by atoms with Crippen LogP contribution in [-0.2, 0) is 11.3 Å². The Morgan fingerprint density at radius 2 is 2.29 bits per heavy atom. The SMILES string of the molecule is CCOC(=O)c1sc2nc(Cn3cnnc3C#N)nc(N)c2c1C. The number of nitrogens with zero attached hydrogens (tertiary/aromatic N) is 6. The van der Waals surface area contributed by atoms with E-state index >= 15 is 0 Å². The molecule has 0 saturated heterocycles. The highest BCUT2D eigenvalue weighted by atomic mass is 32.1. The molecule has 0 bridgehead atoms. The van der Waals surface area contributed by atoms with Crippen LogP contribution < -0.4 is 5.73 Å². The molecule has 0 saturated carbocycles. The van der Waals surface area contributed by atoms with Crippen molar-refractivity contribution in [1.82, 2.24) is 24.7 Å². The average molecular weight is 343 g/mol. The smallest absolute Gasteiger partial charge is 0.348 e. The number of aromatic nitrogens is 5.